The number of hydrogen-bond donors (Lipinski definition) is 1. The van der Waals surface area contributed by atoms with Gasteiger partial charge in [0, 0.05) is 10.0 Å². The molecular formula is C20H14BrFN2O3. The van der Waals surface area contributed by atoms with E-state index < -0.39 is 11.9 Å². The van der Waals surface area contributed by atoms with E-state index in [4.69, 9.17) is 0 Å². The van der Waals surface area contributed by atoms with Crippen LogP contribution in [-0.2, 0) is 16.1 Å². The Kier molecular flexibility index (Phi) is 5.10. The molecule has 136 valence electrons. The number of halogens is 2. The van der Waals surface area contributed by atoms with Crippen LogP contribution in [-0.4, -0.2) is 17.0 Å². The second-order valence-electron chi connectivity index (χ2n) is 6.18. The Bertz CT molecular complexity index is 1040. The summed E-state index contributed by atoms with van der Waals surface area (Å²) < 4.78 is 14.2. The van der Waals surface area contributed by atoms with E-state index >= 15 is 0 Å². The Morgan fingerprint density at radius 2 is 2.07 bits per heavy atom. The molecule has 5 nitrogen and oxygen atoms in total. The van der Waals surface area contributed by atoms with Crippen molar-refractivity contribution in [1.82, 2.24) is 0 Å². The fourth-order valence-corrected chi connectivity index (χ4v) is 3.54. The zero-order valence-electron chi connectivity index (χ0n) is 14.3. The molecule has 1 aliphatic rings. The Morgan fingerprint density at radius 3 is 2.70 bits per heavy atom. The van der Waals surface area contributed by atoms with Gasteiger partial charge in [-0.3, -0.25) is 4.79 Å². The molecule has 0 radical (unpaired) electrons. The summed E-state index contributed by atoms with van der Waals surface area (Å²) in [5.41, 5.74) is 2.22. The number of carboxylic acid groups (broad SMARTS) is 1. The summed E-state index contributed by atoms with van der Waals surface area (Å²) in [6, 6.07) is 11.4. The molecule has 0 unspecified atom stereocenters. The monoisotopic (exact) mass is 428 g/mol. The van der Waals surface area contributed by atoms with Crippen LogP contribution in [0.25, 0.3) is 4.48 Å². The molecule has 0 spiro atoms. The lowest BCUT2D eigenvalue weighted by molar-refractivity contribution is -0.133. The summed E-state index contributed by atoms with van der Waals surface area (Å²) in [7, 11) is 0. The smallest absolute Gasteiger partial charge is 0.333 e. The van der Waals surface area contributed by atoms with E-state index in [0.717, 1.165) is 0 Å². The van der Waals surface area contributed by atoms with Crippen LogP contribution >= 0.6 is 15.9 Å². The van der Waals surface area contributed by atoms with Crippen LogP contribution in [0.3, 0.4) is 0 Å². The third kappa shape index (κ3) is 3.62. The van der Waals surface area contributed by atoms with Crippen molar-refractivity contribution < 1.29 is 19.1 Å². The Labute approximate surface area is 163 Å². The molecule has 2 aromatic rings. The van der Waals surface area contributed by atoms with Crippen LogP contribution in [0.4, 0.5) is 10.1 Å². The highest BCUT2D eigenvalue weighted by atomic mass is 79.9. The van der Waals surface area contributed by atoms with Crippen molar-refractivity contribution in [2.45, 2.75) is 19.9 Å². The van der Waals surface area contributed by atoms with Gasteiger partial charge in [-0.05, 0) is 52.2 Å². The van der Waals surface area contributed by atoms with Crippen molar-refractivity contribution in [3.63, 3.8) is 0 Å². The van der Waals surface area contributed by atoms with Crippen LogP contribution in [0.5, 0.6) is 0 Å². The van der Waals surface area contributed by atoms with E-state index in [2.05, 4.69) is 15.9 Å². The molecule has 0 aromatic heterocycles. The molecule has 7 heteroatoms. The third-order valence-electron chi connectivity index (χ3n) is 4.38. The van der Waals surface area contributed by atoms with Crippen molar-refractivity contribution in [3.05, 3.63) is 70.0 Å². The molecule has 2 aromatic carbocycles. The van der Waals surface area contributed by atoms with Crippen LogP contribution in [0.15, 0.2) is 42.0 Å². The van der Waals surface area contributed by atoms with E-state index in [1.807, 2.05) is 6.07 Å². The third-order valence-corrected chi connectivity index (χ3v) is 5.29. The summed E-state index contributed by atoms with van der Waals surface area (Å²) in [5, 5.41) is 18.7. The number of amides is 1. The number of carboxylic acids is 1. The summed E-state index contributed by atoms with van der Waals surface area (Å²) >= 11 is 3.29. The topological polar surface area (TPSA) is 81.4 Å². The number of fused-ring (bicyclic) bond motifs is 1. The summed E-state index contributed by atoms with van der Waals surface area (Å²) in [6.07, 6.45) is -0.319. The molecule has 1 heterocycles. The predicted molar refractivity (Wildman–Crippen MR) is 102 cm³/mol. The largest absolute Gasteiger partial charge is 0.478 e. The van der Waals surface area contributed by atoms with Gasteiger partial charge >= 0.3 is 5.97 Å². The van der Waals surface area contributed by atoms with Crippen molar-refractivity contribution in [1.29, 1.82) is 5.26 Å². The highest BCUT2D eigenvalue weighted by molar-refractivity contribution is 9.15. The fraction of sp³-hybridized carbons (Fsp3) is 0.150. The number of aliphatic carboxylic acids is 1. The van der Waals surface area contributed by atoms with Crippen LogP contribution in [0.2, 0.25) is 0 Å². The average Bonchev–Trinajstić information content (AvgIpc) is 2.74. The minimum absolute atomic E-state index is 0.0606. The maximum atomic E-state index is 13.9. The predicted octanol–water partition coefficient (Wildman–Crippen LogP) is 4.13. The van der Waals surface area contributed by atoms with Gasteiger partial charge in [0.05, 0.1) is 35.9 Å². The lowest BCUT2D eigenvalue weighted by Gasteiger charge is -2.24. The molecular weight excluding hydrogens is 415 g/mol. The first-order valence-electron chi connectivity index (χ1n) is 8.03. The van der Waals surface area contributed by atoms with Gasteiger partial charge in [-0.25, -0.2) is 9.18 Å². The second-order valence-corrected chi connectivity index (χ2v) is 6.97. The molecule has 1 N–H and O–H groups in total. The Balaban J connectivity index is 2.14. The zero-order valence-corrected chi connectivity index (χ0v) is 15.9. The minimum Gasteiger partial charge on any atom is -0.478 e. The van der Waals surface area contributed by atoms with Gasteiger partial charge in [0.2, 0.25) is 5.91 Å². The van der Waals surface area contributed by atoms with E-state index in [9.17, 15) is 24.3 Å². The van der Waals surface area contributed by atoms with Crippen LogP contribution < -0.4 is 4.90 Å². The van der Waals surface area contributed by atoms with Gasteiger partial charge in [-0.2, -0.15) is 5.26 Å². The number of nitrogens with zero attached hydrogens (tertiary/aromatic N) is 2. The number of nitriles is 1. The number of aryl methyl sites for hydroxylation is 1. The fourth-order valence-electron chi connectivity index (χ4n) is 2.89. The molecule has 0 saturated heterocycles. The molecule has 1 amide bonds. The van der Waals surface area contributed by atoms with Crippen molar-refractivity contribution >= 4 is 38.0 Å². The molecule has 3 rings (SSSR count). The molecule has 0 fully saturated rings. The van der Waals surface area contributed by atoms with Crippen LogP contribution in [0, 0.1) is 24.1 Å². The van der Waals surface area contributed by atoms with Gasteiger partial charge in [0.15, 0.2) is 0 Å². The van der Waals surface area contributed by atoms with E-state index in [1.165, 1.54) is 17.0 Å². The number of carbonyl (C=O) groups excluding carboxylic acids is 1. The van der Waals surface area contributed by atoms with Crippen molar-refractivity contribution in [2.75, 3.05) is 4.90 Å². The van der Waals surface area contributed by atoms with E-state index in [-0.39, 0.29) is 24.4 Å². The molecule has 0 atom stereocenters. The van der Waals surface area contributed by atoms with Crippen molar-refractivity contribution in [3.8, 4) is 6.07 Å². The first-order chi connectivity index (χ1) is 12.8. The van der Waals surface area contributed by atoms with Crippen molar-refractivity contribution in [2.24, 2.45) is 0 Å². The number of anilines is 1. The normalized spacial score (nSPS) is 13.9. The Morgan fingerprint density at radius 1 is 1.33 bits per heavy atom. The number of rotatable bonds is 3. The maximum absolute atomic E-state index is 13.9. The highest BCUT2D eigenvalue weighted by Crippen LogP contribution is 2.39. The number of hydrogen-bond acceptors (Lipinski definition) is 3. The van der Waals surface area contributed by atoms with E-state index in [0.29, 0.717) is 32.4 Å². The van der Waals surface area contributed by atoms with Gasteiger partial charge < -0.3 is 10.0 Å². The minimum atomic E-state index is -1.20. The molecule has 27 heavy (non-hydrogen) atoms. The zero-order chi connectivity index (χ0) is 19.7. The summed E-state index contributed by atoms with van der Waals surface area (Å²) in [5.74, 6) is -2.03. The lowest BCUT2D eigenvalue weighted by atomic mass is 10.1. The maximum Gasteiger partial charge on any atom is 0.333 e. The van der Waals surface area contributed by atoms with Gasteiger partial charge in [0.25, 0.3) is 0 Å². The SMILES string of the molecule is Cc1ccc(CN2C(=O)CC(C(=O)O)=C(Br)c3ccc(C#N)cc32)cc1F. The Hall–Kier alpha value is -2.98. The molecule has 0 bridgehead atoms. The average molecular weight is 429 g/mol. The first kappa shape index (κ1) is 18.8. The molecule has 0 saturated carbocycles. The highest BCUT2D eigenvalue weighted by Gasteiger charge is 2.30. The van der Waals surface area contributed by atoms with E-state index in [1.54, 1.807) is 31.2 Å². The van der Waals surface area contributed by atoms with Gasteiger partial charge in [-0.1, -0.05) is 18.2 Å². The first-order valence-corrected chi connectivity index (χ1v) is 8.83. The lowest BCUT2D eigenvalue weighted by Crippen LogP contribution is -2.30. The molecule has 0 aliphatic carbocycles. The summed E-state index contributed by atoms with van der Waals surface area (Å²) in [6.45, 7) is 1.70. The van der Waals surface area contributed by atoms with Gasteiger partial charge in [-0.15, -0.1) is 0 Å². The molecule has 1 aliphatic heterocycles. The summed E-state index contributed by atoms with van der Waals surface area (Å²) in [4.78, 5) is 25.8. The number of carbonyl (C=O) groups is 2. The quantitative estimate of drug-likeness (QED) is 0.796. The van der Waals surface area contributed by atoms with Crippen LogP contribution in [0.1, 0.15) is 28.7 Å². The number of benzene rings is 2. The standard InChI is InChI=1S/C20H14BrFN2O3/c1-11-2-3-13(6-16(11)22)10-24-17-7-12(9-23)4-5-14(17)19(21)15(20(26)27)8-18(24)25/h2-7H,8,10H2,1H3,(H,26,27). The second kappa shape index (κ2) is 7.33. The van der Waals surface area contributed by atoms with Gasteiger partial charge in [0.1, 0.15) is 5.82 Å².